The second-order valence-electron chi connectivity index (χ2n) is 2.12. The molecule has 0 spiro atoms. The molecule has 7 nitrogen and oxygen atoms in total. The van der Waals surface area contributed by atoms with Crippen molar-refractivity contribution in [3.8, 4) is 0 Å². The second-order valence-corrected chi connectivity index (χ2v) is 2.50. The smallest absolute Gasteiger partial charge is 0.386 e. The molecule has 1 atom stereocenters. The van der Waals surface area contributed by atoms with Crippen molar-refractivity contribution in [2.24, 2.45) is 0 Å². The summed E-state index contributed by atoms with van der Waals surface area (Å²) in [5.74, 6) is -5.00. The maximum Gasteiger partial charge on any atom is 0.386 e. The van der Waals surface area contributed by atoms with Gasteiger partial charge in [-0.25, -0.2) is 9.59 Å². The van der Waals surface area contributed by atoms with Crippen LogP contribution >= 0.6 is 11.6 Å². The van der Waals surface area contributed by atoms with E-state index in [-0.39, 0.29) is 6.26 Å². The van der Waals surface area contributed by atoms with E-state index in [1.165, 1.54) is 0 Å². The molecular weight excluding hydrogens is 230 g/mol. The van der Waals surface area contributed by atoms with E-state index in [0.29, 0.717) is 0 Å². The summed E-state index contributed by atoms with van der Waals surface area (Å²) in [7, 11) is 0.852. The van der Waals surface area contributed by atoms with Crippen LogP contribution in [-0.2, 0) is 23.9 Å². The highest BCUT2D eigenvalue weighted by Gasteiger charge is 2.51. The van der Waals surface area contributed by atoms with Crippen LogP contribution in [0.3, 0.4) is 0 Å². The minimum Gasteiger partial charge on any atom is -0.476 e. The molecule has 0 fully saturated rings. The fourth-order valence-corrected chi connectivity index (χ4v) is 0.805. The highest BCUT2D eigenvalue weighted by atomic mass is 35.5. The molecule has 0 saturated heterocycles. The van der Waals surface area contributed by atoms with Gasteiger partial charge in [-0.1, -0.05) is 11.6 Å². The van der Waals surface area contributed by atoms with Gasteiger partial charge in [0.25, 0.3) is 5.78 Å². The Morgan fingerprint density at radius 1 is 1.60 bits per heavy atom. The first-order valence-corrected chi connectivity index (χ1v) is 3.74. The van der Waals surface area contributed by atoms with Crippen LogP contribution in [-0.4, -0.2) is 40.9 Å². The van der Waals surface area contributed by atoms with Crippen molar-refractivity contribution in [1.29, 1.82) is 5.41 Å². The lowest BCUT2D eigenvalue weighted by atomic mass is 10.2. The standard InChI is InChI=1S/C7H6ClNO6/c1-14-7(6(12)13,15-3-2-10)4(11)5(8)9/h3,9H,1H3,(H,12,13). The number of ether oxygens (including phenoxy) is 2. The molecule has 0 heterocycles. The molecule has 0 aliphatic carbocycles. The number of carboxylic acids is 1. The number of carboxylic acid groups (broad SMARTS) is 1. The van der Waals surface area contributed by atoms with Crippen LogP contribution in [0.1, 0.15) is 0 Å². The predicted molar refractivity (Wildman–Crippen MR) is 47.3 cm³/mol. The van der Waals surface area contributed by atoms with Gasteiger partial charge in [0, 0.05) is 7.11 Å². The Balaban J connectivity index is 5.32. The molecule has 2 N–H and O–H groups in total. The van der Waals surface area contributed by atoms with Gasteiger partial charge in [-0.15, -0.1) is 0 Å². The third-order valence-electron chi connectivity index (χ3n) is 1.34. The van der Waals surface area contributed by atoms with Gasteiger partial charge in [0.2, 0.25) is 0 Å². The lowest BCUT2D eigenvalue weighted by molar-refractivity contribution is -0.209. The van der Waals surface area contributed by atoms with Crippen molar-refractivity contribution in [2.75, 3.05) is 7.11 Å². The van der Waals surface area contributed by atoms with Gasteiger partial charge in [0.15, 0.2) is 17.4 Å². The van der Waals surface area contributed by atoms with Crippen molar-refractivity contribution < 1.29 is 29.0 Å². The monoisotopic (exact) mass is 235 g/mol. The Kier molecular flexibility index (Phi) is 4.66. The molecule has 0 aromatic heterocycles. The topological polar surface area (TPSA) is 114 Å². The molecule has 15 heavy (non-hydrogen) atoms. The number of nitrogens with one attached hydrogen (secondary N) is 1. The summed E-state index contributed by atoms with van der Waals surface area (Å²) < 4.78 is 8.59. The van der Waals surface area contributed by atoms with Crippen LogP contribution < -0.4 is 0 Å². The van der Waals surface area contributed by atoms with E-state index >= 15 is 0 Å². The van der Waals surface area contributed by atoms with E-state index < -0.39 is 22.7 Å². The van der Waals surface area contributed by atoms with Crippen molar-refractivity contribution in [3.05, 3.63) is 6.26 Å². The van der Waals surface area contributed by atoms with Gasteiger partial charge in [0.05, 0.1) is 0 Å². The Hall–Kier alpha value is -1.69. The molecule has 0 bridgehead atoms. The van der Waals surface area contributed by atoms with Crippen LogP contribution in [0.15, 0.2) is 6.26 Å². The summed E-state index contributed by atoms with van der Waals surface area (Å²) in [6.45, 7) is 0. The Labute approximate surface area is 88.7 Å². The van der Waals surface area contributed by atoms with Gasteiger partial charge in [0.1, 0.15) is 0 Å². The predicted octanol–water partition coefficient (Wildman–Crippen LogP) is -0.439. The normalized spacial score (nSPS) is 13.2. The van der Waals surface area contributed by atoms with Gasteiger partial charge in [-0.05, 0) is 0 Å². The molecule has 0 rings (SSSR count). The van der Waals surface area contributed by atoms with Gasteiger partial charge in [-0.3, -0.25) is 10.2 Å². The molecule has 1 unspecified atom stereocenters. The zero-order valence-electron chi connectivity index (χ0n) is 7.44. The maximum atomic E-state index is 11.2. The molecular formula is C7H6ClNO6. The number of hydrogen-bond acceptors (Lipinski definition) is 6. The molecule has 0 aliphatic rings. The van der Waals surface area contributed by atoms with Crippen LogP contribution in [0.25, 0.3) is 0 Å². The fourth-order valence-electron chi connectivity index (χ4n) is 0.681. The third-order valence-corrected chi connectivity index (χ3v) is 1.51. The average Bonchev–Trinajstić information content (AvgIpc) is 2.18. The van der Waals surface area contributed by atoms with E-state index in [2.05, 4.69) is 9.47 Å². The maximum absolute atomic E-state index is 11.2. The van der Waals surface area contributed by atoms with E-state index in [4.69, 9.17) is 22.1 Å². The number of Topliss-reactive ketones (excluding diaryl/α,β-unsaturated/α-hetero) is 1. The van der Waals surface area contributed by atoms with Crippen molar-refractivity contribution in [1.82, 2.24) is 0 Å². The minimum atomic E-state index is -2.82. The summed E-state index contributed by atoms with van der Waals surface area (Å²) >= 11 is 5.01. The summed E-state index contributed by atoms with van der Waals surface area (Å²) in [5, 5.41) is 14.4. The van der Waals surface area contributed by atoms with Crippen molar-refractivity contribution in [3.63, 3.8) is 0 Å². The molecule has 0 aromatic rings. The molecule has 0 radical (unpaired) electrons. The Morgan fingerprint density at radius 2 is 2.13 bits per heavy atom. The lowest BCUT2D eigenvalue weighted by Crippen LogP contribution is -2.51. The van der Waals surface area contributed by atoms with Crippen LogP contribution in [0.5, 0.6) is 0 Å². The van der Waals surface area contributed by atoms with Crippen LogP contribution in [0.4, 0.5) is 0 Å². The molecule has 0 saturated carbocycles. The van der Waals surface area contributed by atoms with Crippen LogP contribution in [0, 0.1) is 5.41 Å². The highest BCUT2D eigenvalue weighted by molar-refractivity contribution is 6.83. The Bertz CT molecular complexity index is 347. The van der Waals surface area contributed by atoms with Crippen molar-refractivity contribution >= 4 is 34.5 Å². The molecule has 0 aliphatic heterocycles. The number of carbonyl (C=O) groups excluding carboxylic acids is 2. The zero-order valence-corrected chi connectivity index (χ0v) is 8.20. The van der Waals surface area contributed by atoms with E-state index in [0.717, 1.165) is 13.1 Å². The van der Waals surface area contributed by atoms with E-state index in [1.807, 2.05) is 0 Å². The van der Waals surface area contributed by atoms with Crippen LogP contribution in [0.2, 0.25) is 0 Å². The number of rotatable bonds is 6. The largest absolute Gasteiger partial charge is 0.476 e. The first kappa shape index (κ1) is 13.3. The average molecular weight is 236 g/mol. The summed E-state index contributed by atoms with van der Waals surface area (Å²) in [6.07, 6.45) is 0.287. The molecule has 0 aromatic carbocycles. The second kappa shape index (κ2) is 5.26. The number of halogens is 1. The van der Waals surface area contributed by atoms with Gasteiger partial charge in [-0.2, -0.15) is 0 Å². The quantitative estimate of drug-likeness (QED) is 0.212. The SMILES string of the molecule is COC(OC=C=O)(C(=O)O)C(=O)C(=N)Cl. The molecule has 8 heteroatoms. The summed E-state index contributed by atoms with van der Waals surface area (Å²) in [6, 6.07) is 0. The number of ketones is 1. The first-order chi connectivity index (χ1) is 6.92. The summed E-state index contributed by atoms with van der Waals surface area (Å²) in [5.41, 5.74) is 0. The fraction of sp³-hybridized carbons (Fsp3) is 0.286. The van der Waals surface area contributed by atoms with Gasteiger partial charge < -0.3 is 14.6 Å². The van der Waals surface area contributed by atoms with Crippen molar-refractivity contribution in [2.45, 2.75) is 5.79 Å². The number of carbonyl (C=O) groups is 2. The minimum absolute atomic E-state index is 0.287. The van der Waals surface area contributed by atoms with Gasteiger partial charge >= 0.3 is 11.8 Å². The number of methoxy groups -OCH3 is 1. The molecule has 0 amide bonds. The van der Waals surface area contributed by atoms with E-state index in [1.54, 1.807) is 0 Å². The lowest BCUT2D eigenvalue weighted by Gasteiger charge is -2.23. The van der Waals surface area contributed by atoms with E-state index in [9.17, 15) is 14.4 Å². The molecule has 82 valence electrons. The number of aliphatic carboxylic acids is 1. The zero-order chi connectivity index (χ0) is 12.1. The Morgan fingerprint density at radius 3 is 2.40 bits per heavy atom. The third kappa shape index (κ3) is 2.63. The summed E-state index contributed by atoms with van der Waals surface area (Å²) in [4.78, 5) is 31.8. The first-order valence-electron chi connectivity index (χ1n) is 3.37. The highest BCUT2D eigenvalue weighted by Crippen LogP contribution is 2.16. The number of hydrogen-bond donors (Lipinski definition) is 2.